The Balaban J connectivity index is 3.14. The molecular formula is C31H51ClO9. The Morgan fingerprint density at radius 1 is 1.24 bits per heavy atom. The molecular weight excluding hydrogens is 552 g/mol. The third-order valence-corrected chi connectivity index (χ3v) is 8.50. The van der Waals surface area contributed by atoms with Gasteiger partial charge in [-0.2, -0.15) is 0 Å². The minimum Gasteiger partial charge on any atom is -0.457 e. The van der Waals surface area contributed by atoms with Crippen LogP contribution in [0.3, 0.4) is 0 Å². The molecule has 0 aliphatic carbocycles. The van der Waals surface area contributed by atoms with Gasteiger partial charge in [0.05, 0.1) is 36.2 Å². The number of esters is 2. The normalized spacial score (nSPS) is 32.0. The minimum absolute atomic E-state index is 0.110. The second kappa shape index (κ2) is 17.4. The molecule has 0 amide bonds. The van der Waals surface area contributed by atoms with Crippen LogP contribution in [-0.4, -0.2) is 87.1 Å². The van der Waals surface area contributed by atoms with Crippen molar-refractivity contribution in [3.63, 3.8) is 0 Å². The van der Waals surface area contributed by atoms with Crippen molar-refractivity contribution in [3.05, 3.63) is 36.0 Å². The smallest absolute Gasteiger partial charge is 0.309 e. The van der Waals surface area contributed by atoms with E-state index >= 15 is 0 Å². The summed E-state index contributed by atoms with van der Waals surface area (Å²) >= 11 is 6.49. The summed E-state index contributed by atoms with van der Waals surface area (Å²) in [7, 11) is 1.59. The van der Waals surface area contributed by atoms with Crippen LogP contribution in [0.25, 0.3) is 0 Å². The van der Waals surface area contributed by atoms with Gasteiger partial charge >= 0.3 is 11.9 Å². The number of aliphatic hydroxyl groups is 4. The maximum absolute atomic E-state index is 12.6. The van der Waals surface area contributed by atoms with Crippen LogP contribution in [0.4, 0.5) is 0 Å². The van der Waals surface area contributed by atoms with Crippen LogP contribution in [0.1, 0.15) is 74.1 Å². The third kappa shape index (κ3) is 11.8. The second-order valence-electron chi connectivity index (χ2n) is 11.6. The Morgan fingerprint density at radius 3 is 2.44 bits per heavy atom. The van der Waals surface area contributed by atoms with E-state index in [0.29, 0.717) is 5.57 Å². The number of rotatable bonds is 11. The molecule has 11 atom stereocenters. The zero-order valence-corrected chi connectivity index (χ0v) is 26.5. The first-order chi connectivity index (χ1) is 19.0. The summed E-state index contributed by atoms with van der Waals surface area (Å²) in [4.78, 5) is 24.3. The number of allylic oxidation sites excluding steroid dienone is 2. The molecule has 236 valence electrons. The zero-order chi connectivity index (χ0) is 31.5. The number of ether oxygens (including phenoxy) is 3. The molecule has 0 aromatic rings. The molecule has 1 aliphatic rings. The van der Waals surface area contributed by atoms with E-state index in [2.05, 4.69) is 0 Å². The predicted octanol–water partition coefficient (Wildman–Crippen LogP) is 3.85. The van der Waals surface area contributed by atoms with Crippen LogP contribution in [0.2, 0.25) is 0 Å². The van der Waals surface area contributed by atoms with Gasteiger partial charge in [-0.3, -0.25) is 9.59 Å². The molecule has 0 bridgehead atoms. The molecule has 11 unspecified atom stereocenters. The molecule has 41 heavy (non-hydrogen) atoms. The molecule has 0 saturated heterocycles. The van der Waals surface area contributed by atoms with Crippen molar-refractivity contribution in [2.75, 3.05) is 7.11 Å². The molecule has 0 radical (unpaired) electrons. The first-order valence-electron chi connectivity index (χ1n) is 14.4. The molecule has 1 aliphatic heterocycles. The molecule has 1 rings (SSSR count). The summed E-state index contributed by atoms with van der Waals surface area (Å²) in [6.45, 7) is 12.0. The Labute approximate surface area is 250 Å². The van der Waals surface area contributed by atoms with Crippen molar-refractivity contribution >= 4 is 23.5 Å². The van der Waals surface area contributed by atoms with Gasteiger partial charge in [-0.15, -0.1) is 11.6 Å². The van der Waals surface area contributed by atoms with Crippen molar-refractivity contribution in [1.82, 2.24) is 0 Å². The first kappa shape index (κ1) is 37.3. The first-order valence-corrected chi connectivity index (χ1v) is 14.8. The summed E-state index contributed by atoms with van der Waals surface area (Å²) in [6, 6.07) is 0. The van der Waals surface area contributed by atoms with E-state index in [0.717, 1.165) is 6.42 Å². The summed E-state index contributed by atoms with van der Waals surface area (Å²) in [5, 5.41) is 42.1. The number of carbonyl (C=O) groups is 2. The van der Waals surface area contributed by atoms with E-state index in [9.17, 15) is 30.0 Å². The quantitative estimate of drug-likeness (QED) is 0.120. The monoisotopic (exact) mass is 602 g/mol. The zero-order valence-electron chi connectivity index (χ0n) is 25.7. The SMILES string of the molecule is CCC(OC)C(C)C(Cl)C(O)C(O)C(C)/C=C/C=C(\C)C1OC(=O)CC(O)CCC(C)(O)C(OC(C)=O)/C=C/C1C. The topological polar surface area (TPSA) is 143 Å². The van der Waals surface area contributed by atoms with Crippen LogP contribution in [0, 0.1) is 17.8 Å². The lowest BCUT2D eigenvalue weighted by molar-refractivity contribution is -0.157. The number of aliphatic hydroxyl groups excluding tert-OH is 3. The fourth-order valence-corrected chi connectivity index (χ4v) is 5.30. The predicted molar refractivity (Wildman–Crippen MR) is 158 cm³/mol. The minimum atomic E-state index is -1.45. The Kier molecular flexibility index (Phi) is 15.8. The number of carbonyl (C=O) groups excluding carboxylic acids is 2. The van der Waals surface area contributed by atoms with Crippen LogP contribution in [-0.2, 0) is 23.8 Å². The van der Waals surface area contributed by atoms with E-state index in [1.807, 2.05) is 20.8 Å². The van der Waals surface area contributed by atoms with Crippen LogP contribution < -0.4 is 0 Å². The average Bonchev–Trinajstić information content (AvgIpc) is 2.91. The van der Waals surface area contributed by atoms with E-state index in [1.54, 1.807) is 51.3 Å². The van der Waals surface area contributed by atoms with Gasteiger partial charge in [0.25, 0.3) is 0 Å². The van der Waals surface area contributed by atoms with Gasteiger partial charge in [-0.25, -0.2) is 0 Å². The highest BCUT2D eigenvalue weighted by atomic mass is 35.5. The second-order valence-corrected chi connectivity index (χ2v) is 12.1. The van der Waals surface area contributed by atoms with Gasteiger partial charge in [-0.1, -0.05) is 52.0 Å². The summed E-state index contributed by atoms with van der Waals surface area (Å²) in [5.41, 5.74) is -0.761. The Morgan fingerprint density at radius 2 is 1.88 bits per heavy atom. The molecule has 1 heterocycles. The van der Waals surface area contributed by atoms with Crippen LogP contribution >= 0.6 is 11.6 Å². The number of cyclic esters (lactones) is 1. The molecule has 0 aromatic heterocycles. The van der Waals surface area contributed by atoms with Gasteiger partial charge in [0.2, 0.25) is 0 Å². The van der Waals surface area contributed by atoms with Gasteiger partial charge < -0.3 is 34.6 Å². The van der Waals surface area contributed by atoms with E-state index in [1.165, 1.54) is 13.8 Å². The molecule has 9 nitrogen and oxygen atoms in total. The van der Waals surface area contributed by atoms with Crippen molar-refractivity contribution in [2.45, 2.75) is 122 Å². The average molecular weight is 603 g/mol. The highest BCUT2D eigenvalue weighted by molar-refractivity contribution is 6.21. The number of hydrogen-bond donors (Lipinski definition) is 4. The van der Waals surface area contributed by atoms with E-state index < -0.39 is 59.4 Å². The molecule has 0 saturated carbocycles. The maximum atomic E-state index is 12.6. The standard InChI is InChI=1S/C31H51ClO9/c1-9-24(39-8)21(5)27(32)29(37)28(36)18(2)11-10-12-19(3)30-20(4)13-14-25(40-22(6)33)31(7,38)16-15-23(34)17-26(35)41-30/h10-14,18,20-21,23-25,27-30,34,36-38H,9,15-17H2,1-8H3/b11-10+,14-13+,19-12+. The Hall–Kier alpha value is -1.75. The van der Waals surface area contributed by atoms with Gasteiger partial charge in [0, 0.05) is 31.8 Å². The van der Waals surface area contributed by atoms with Crippen LogP contribution in [0.5, 0.6) is 0 Å². The fraction of sp³-hybridized carbons (Fsp3) is 0.742. The number of hydrogen-bond acceptors (Lipinski definition) is 9. The lowest BCUT2D eigenvalue weighted by atomic mass is 9.88. The van der Waals surface area contributed by atoms with Crippen molar-refractivity contribution in [1.29, 1.82) is 0 Å². The number of methoxy groups -OCH3 is 1. The molecule has 4 N–H and O–H groups in total. The van der Waals surface area contributed by atoms with Gasteiger partial charge in [0.15, 0.2) is 0 Å². The summed E-state index contributed by atoms with van der Waals surface area (Å²) in [5.74, 6) is -2.12. The lowest BCUT2D eigenvalue weighted by Gasteiger charge is -2.32. The summed E-state index contributed by atoms with van der Waals surface area (Å²) in [6.07, 6.45) is 4.09. The van der Waals surface area contributed by atoms with Crippen LogP contribution in [0.15, 0.2) is 36.0 Å². The van der Waals surface area contributed by atoms with Crippen molar-refractivity contribution in [2.24, 2.45) is 17.8 Å². The highest BCUT2D eigenvalue weighted by Gasteiger charge is 2.36. The lowest BCUT2D eigenvalue weighted by Crippen LogP contribution is -2.44. The molecule has 10 heteroatoms. The number of halogens is 1. The highest BCUT2D eigenvalue weighted by Crippen LogP contribution is 2.28. The number of alkyl halides is 1. The fourth-order valence-electron chi connectivity index (χ4n) is 4.99. The molecule has 0 fully saturated rings. The molecule has 0 spiro atoms. The van der Waals surface area contributed by atoms with Crippen molar-refractivity contribution in [3.8, 4) is 0 Å². The third-order valence-electron chi connectivity index (χ3n) is 7.85. The molecule has 0 aromatic carbocycles. The van der Waals surface area contributed by atoms with Gasteiger partial charge in [0.1, 0.15) is 17.8 Å². The Bertz CT molecular complexity index is 911. The van der Waals surface area contributed by atoms with E-state index in [-0.39, 0.29) is 37.2 Å². The largest absolute Gasteiger partial charge is 0.457 e. The van der Waals surface area contributed by atoms with E-state index in [4.69, 9.17) is 25.8 Å². The van der Waals surface area contributed by atoms with Gasteiger partial charge in [-0.05, 0) is 44.8 Å². The summed E-state index contributed by atoms with van der Waals surface area (Å²) < 4.78 is 16.5. The maximum Gasteiger partial charge on any atom is 0.309 e. The van der Waals surface area contributed by atoms with Crippen molar-refractivity contribution < 1.29 is 44.2 Å².